The lowest BCUT2D eigenvalue weighted by Gasteiger charge is -2.50. The summed E-state index contributed by atoms with van der Waals surface area (Å²) < 4.78 is 11.9. The van der Waals surface area contributed by atoms with E-state index in [0.717, 1.165) is 5.57 Å². The van der Waals surface area contributed by atoms with Crippen LogP contribution in [0.3, 0.4) is 0 Å². The highest BCUT2D eigenvalue weighted by Gasteiger charge is 2.73. The van der Waals surface area contributed by atoms with Crippen LogP contribution in [0.5, 0.6) is 0 Å². The smallest absolute Gasteiger partial charge is 0.187 e. The summed E-state index contributed by atoms with van der Waals surface area (Å²) in [5.74, 6) is -1.16. The minimum absolute atomic E-state index is 0.0999. The van der Waals surface area contributed by atoms with Gasteiger partial charge in [-0.2, -0.15) is 0 Å². The van der Waals surface area contributed by atoms with Crippen molar-refractivity contribution in [3.8, 4) is 0 Å². The van der Waals surface area contributed by atoms with Crippen LogP contribution in [0.2, 0.25) is 0 Å². The molecule has 0 aromatic rings. The van der Waals surface area contributed by atoms with Gasteiger partial charge < -0.3 is 50.3 Å². The quantitative estimate of drug-likeness (QED) is 0.213. The normalized spacial score (nSPS) is 58.3. The van der Waals surface area contributed by atoms with Crippen molar-refractivity contribution in [1.82, 2.24) is 0 Å². The number of hydrogen-bond donors (Lipinski definition) is 8. The lowest BCUT2D eigenvalue weighted by atomic mass is 9.61. The lowest BCUT2D eigenvalue weighted by Crippen LogP contribution is -2.63. The van der Waals surface area contributed by atoms with Crippen LogP contribution in [0.15, 0.2) is 12.2 Å². The summed E-state index contributed by atoms with van der Waals surface area (Å²) in [6.07, 6.45) is -8.54. The Hall–Kier alpha value is -0.660. The average Bonchev–Trinajstić information content (AvgIpc) is 3.01. The molecule has 206 valence electrons. The molecule has 0 aromatic carbocycles. The van der Waals surface area contributed by atoms with E-state index in [1.54, 1.807) is 20.8 Å². The predicted octanol–water partition coefficient (Wildman–Crippen LogP) is -1.20. The Labute approximate surface area is 211 Å². The van der Waals surface area contributed by atoms with Gasteiger partial charge >= 0.3 is 0 Å². The summed E-state index contributed by atoms with van der Waals surface area (Å²) in [4.78, 5) is 0. The average molecular weight is 515 g/mol. The SMILES string of the molecule is C=C1[C@@H]2CC[C@@H]3[C@@H](O)[C@@]2(C[C@@H](O[C@H]2O[C@H](CO)[C@@H](O)[C@H](O)[C@H]2O)[C@@]2(O)[C@H]1C[C@H](O)C2(C)C)C[C@@]3(C)O. The van der Waals surface area contributed by atoms with Crippen molar-refractivity contribution in [2.45, 2.75) is 113 Å². The molecule has 0 radical (unpaired) electrons. The summed E-state index contributed by atoms with van der Waals surface area (Å²) in [6, 6.07) is 0. The molecule has 4 saturated carbocycles. The van der Waals surface area contributed by atoms with Gasteiger partial charge in [0, 0.05) is 22.7 Å². The molecular formula is C26H42O10. The van der Waals surface area contributed by atoms with Gasteiger partial charge in [-0.3, -0.25) is 0 Å². The first-order chi connectivity index (χ1) is 16.6. The van der Waals surface area contributed by atoms with Crippen molar-refractivity contribution >= 4 is 0 Å². The molecule has 10 nitrogen and oxygen atoms in total. The number of ether oxygens (including phenoxy) is 2. The van der Waals surface area contributed by atoms with E-state index in [1.807, 2.05) is 0 Å². The molecule has 1 saturated heterocycles. The number of aliphatic hydroxyl groups is 8. The summed E-state index contributed by atoms with van der Waals surface area (Å²) in [6.45, 7) is 8.96. The molecule has 5 fully saturated rings. The third-order valence-electron chi connectivity index (χ3n) is 10.9. The largest absolute Gasteiger partial charge is 0.394 e. The zero-order valence-electron chi connectivity index (χ0n) is 21.2. The third-order valence-corrected chi connectivity index (χ3v) is 10.9. The van der Waals surface area contributed by atoms with Crippen molar-refractivity contribution in [3.63, 3.8) is 0 Å². The minimum Gasteiger partial charge on any atom is -0.394 e. The maximum Gasteiger partial charge on any atom is 0.187 e. The zero-order valence-corrected chi connectivity index (χ0v) is 21.2. The molecule has 0 unspecified atom stereocenters. The number of rotatable bonds is 3. The standard InChI is InChI=1S/C26H42O10/c1-11-12-5-6-13-21(32)25(12,10-24(13,4)33)8-17(26(34)14(11)7-16(28)23(26,2)3)36-22-20(31)19(30)18(29)15(9-27)35-22/h12-22,27-34H,1,5-10H2,2-4H3/t12-,13+,14-,15+,16-,17+,18+,19-,20+,21+,22+,24+,25-,26-/m0/s1. The highest BCUT2D eigenvalue weighted by atomic mass is 16.7. The molecule has 1 aliphatic heterocycles. The fraction of sp³-hybridized carbons (Fsp3) is 0.923. The Morgan fingerprint density at radius 3 is 2.28 bits per heavy atom. The molecule has 2 bridgehead atoms. The zero-order chi connectivity index (χ0) is 26.6. The monoisotopic (exact) mass is 514 g/mol. The molecule has 1 heterocycles. The third kappa shape index (κ3) is 3.33. The van der Waals surface area contributed by atoms with Gasteiger partial charge in [0.2, 0.25) is 0 Å². The van der Waals surface area contributed by atoms with Gasteiger partial charge in [-0.05, 0) is 44.9 Å². The second-order valence-corrected chi connectivity index (χ2v) is 12.9. The highest BCUT2D eigenvalue weighted by Crippen LogP contribution is 2.69. The van der Waals surface area contributed by atoms with Crippen LogP contribution in [0, 0.1) is 28.6 Å². The van der Waals surface area contributed by atoms with Gasteiger partial charge in [-0.15, -0.1) is 0 Å². The van der Waals surface area contributed by atoms with E-state index in [2.05, 4.69) is 6.58 Å². The molecule has 5 rings (SSSR count). The molecule has 10 heteroatoms. The van der Waals surface area contributed by atoms with Crippen molar-refractivity contribution < 1.29 is 50.3 Å². The van der Waals surface area contributed by atoms with E-state index >= 15 is 0 Å². The van der Waals surface area contributed by atoms with Crippen LogP contribution in [-0.2, 0) is 9.47 Å². The molecule has 1 spiro atoms. The fourth-order valence-corrected chi connectivity index (χ4v) is 8.69. The topological polar surface area (TPSA) is 180 Å². The van der Waals surface area contributed by atoms with Crippen LogP contribution in [0.1, 0.15) is 52.9 Å². The van der Waals surface area contributed by atoms with Gasteiger partial charge in [0.1, 0.15) is 30.0 Å². The molecule has 0 aromatic heterocycles. The Morgan fingerprint density at radius 2 is 1.64 bits per heavy atom. The van der Waals surface area contributed by atoms with Gasteiger partial charge in [0.15, 0.2) is 6.29 Å². The van der Waals surface area contributed by atoms with Crippen LogP contribution < -0.4 is 0 Å². The molecule has 5 aliphatic rings. The van der Waals surface area contributed by atoms with E-state index < -0.39 is 83.6 Å². The van der Waals surface area contributed by atoms with Crippen molar-refractivity contribution in [2.75, 3.05) is 6.61 Å². The van der Waals surface area contributed by atoms with Crippen LogP contribution in [0.25, 0.3) is 0 Å². The first-order valence-corrected chi connectivity index (χ1v) is 13.1. The van der Waals surface area contributed by atoms with E-state index in [0.29, 0.717) is 12.8 Å². The fourth-order valence-electron chi connectivity index (χ4n) is 8.69. The Bertz CT molecular complexity index is 890. The van der Waals surface area contributed by atoms with E-state index in [1.165, 1.54) is 0 Å². The van der Waals surface area contributed by atoms with Gasteiger partial charge in [-0.25, -0.2) is 0 Å². The molecule has 8 N–H and O–H groups in total. The highest BCUT2D eigenvalue weighted by molar-refractivity contribution is 5.32. The molecule has 36 heavy (non-hydrogen) atoms. The first-order valence-electron chi connectivity index (χ1n) is 13.1. The molecule has 4 aliphatic carbocycles. The summed E-state index contributed by atoms with van der Waals surface area (Å²) in [7, 11) is 0. The van der Waals surface area contributed by atoms with Gasteiger partial charge in [-0.1, -0.05) is 26.0 Å². The number of aliphatic hydroxyl groups excluding tert-OH is 6. The second-order valence-electron chi connectivity index (χ2n) is 12.9. The van der Waals surface area contributed by atoms with Crippen LogP contribution in [0.4, 0.5) is 0 Å². The van der Waals surface area contributed by atoms with Gasteiger partial charge in [0.25, 0.3) is 0 Å². The lowest BCUT2D eigenvalue weighted by molar-refractivity contribution is -0.334. The first kappa shape index (κ1) is 26.9. The summed E-state index contributed by atoms with van der Waals surface area (Å²) in [5.41, 5.74) is -4.02. The second kappa shape index (κ2) is 8.42. The van der Waals surface area contributed by atoms with Gasteiger partial charge in [0.05, 0.1) is 30.5 Å². The van der Waals surface area contributed by atoms with Crippen molar-refractivity contribution in [2.24, 2.45) is 28.6 Å². The Morgan fingerprint density at radius 1 is 0.972 bits per heavy atom. The summed E-state index contributed by atoms with van der Waals surface area (Å²) in [5, 5.41) is 87.2. The van der Waals surface area contributed by atoms with Crippen molar-refractivity contribution in [3.05, 3.63) is 12.2 Å². The molecular weight excluding hydrogens is 472 g/mol. The maximum absolute atomic E-state index is 12.5. The van der Waals surface area contributed by atoms with Crippen molar-refractivity contribution in [1.29, 1.82) is 0 Å². The van der Waals surface area contributed by atoms with E-state index in [9.17, 15) is 40.9 Å². The molecule has 14 atom stereocenters. The Kier molecular flexibility index (Phi) is 6.30. The van der Waals surface area contributed by atoms with Crippen LogP contribution in [-0.4, -0.2) is 108 Å². The number of hydrogen-bond acceptors (Lipinski definition) is 10. The maximum atomic E-state index is 12.5. The van der Waals surface area contributed by atoms with E-state index in [-0.39, 0.29) is 31.1 Å². The Balaban J connectivity index is 1.60. The minimum atomic E-state index is -1.68. The predicted molar refractivity (Wildman–Crippen MR) is 125 cm³/mol. The van der Waals surface area contributed by atoms with E-state index in [4.69, 9.17) is 9.47 Å². The number of fused-ring (bicyclic) bond motifs is 2. The summed E-state index contributed by atoms with van der Waals surface area (Å²) >= 11 is 0. The van der Waals surface area contributed by atoms with Crippen LogP contribution >= 0.6 is 0 Å². The molecule has 0 amide bonds.